The minimum atomic E-state index is 0.160. The maximum atomic E-state index is 12.7. The van der Waals surface area contributed by atoms with Gasteiger partial charge in [0.25, 0.3) is 5.91 Å². The van der Waals surface area contributed by atoms with Crippen molar-refractivity contribution in [1.29, 1.82) is 0 Å². The van der Waals surface area contributed by atoms with Crippen LogP contribution in [0, 0.1) is 5.92 Å². The van der Waals surface area contributed by atoms with Crippen molar-refractivity contribution in [3.05, 3.63) is 64.4 Å². The van der Waals surface area contributed by atoms with Gasteiger partial charge in [0.2, 0.25) is 0 Å². The van der Waals surface area contributed by atoms with Crippen LogP contribution in [0.2, 0.25) is 0 Å². The molecule has 1 heterocycles. The van der Waals surface area contributed by atoms with Crippen LogP contribution in [0.4, 0.5) is 0 Å². The first-order valence-corrected chi connectivity index (χ1v) is 10.4. The number of nitrogens with zero attached hydrogens (tertiary/aromatic N) is 1. The molecular formula is C22H25NO2S. The van der Waals surface area contributed by atoms with Crippen molar-refractivity contribution < 1.29 is 9.53 Å². The van der Waals surface area contributed by atoms with Gasteiger partial charge in [-0.3, -0.25) is 4.79 Å². The first-order chi connectivity index (χ1) is 12.8. The molecule has 0 unspecified atom stereocenters. The van der Waals surface area contributed by atoms with E-state index in [4.69, 9.17) is 4.74 Å². The standard InChI is InChI=1S/C22H25NO2S/c24-22(21-7-4-14-26-21)23(19-10-11-19)15-17-8-12-20(13-9-17)25-16-18-5-2-1-3-6-18/h1-2,4,7-9,12-14,18-19H,3,5-6,10-11,15-16H2/t18-/m0/s1. The van der Waals surface area contributed by atoms with Crippen LogP contribution in [-0.2, 0) is 6.54 Å². The average Bonchev–Trinajstić information content (AvgIpc) is 3.38. The van der Waals surface area contributed by atoms with Gasteiger partial charge in [-0.25, -0.2) is 0 Å². The van der Waals surface area contributed by atoms with E-state index in [1.165, 1.54) is 24.2 Å². The van der Waals surface area contributed by atoms with Crippen LogP contribution in [0.25, 0.3) is 0 Å². The molecular weight excluding hydrogens is 342 g/mol. The summed E-state index contributed by atoms with van der Waals surface area (Å²) in [6.45, 7) is 1.46. The Kier molecular flexibility index (Phi) is 5.40. The van der Waals surface area contributed by atoms with Gasteiger partial charge in [0.15, 0.2) is 0 Å². The van der Waals surface area contributed by atoms with Crippen LogP contribution in [0.5, 0.6) is 5.75 Å². The fraction of sp³-hybridized carbons (Fsp3) is 0.409. The van der Waals surface area contributed by atoms with E-state index in [0.717, 1.165) is 42.1 Å². The lowest BCUT2D eigenvalue weighted by atomic mass is 9.95. The third-order valence-corrected chi connectivity index (χ3v) is 5.98. The van der Waals surface area contributed by atoms with Gasteiger partial charge in [0.05, 0.1) is 11.5 Å². The van der Waals surface area contributed by atoms with E-state index in [2.05, 4.69) is 24.3 Å². The fourth-order valence-corrected chi connectivity index (χ4v) is 4.08. The lowest BCUT2D eigenvalue weighted by Crippen LogP contribution is -2.32. The fourth-order valence-electron chi connectivity index (χ4n) is 3.40. The van der Waals surface area contributed by atoms with Crippen molar-refractivity contribution in [2.45, 2.75) is 44.7 Å². The molecule has 2 aromatic rings. The Labute approximate surface area is 159 Å². The summed E-state index contributed by atoms with van der Waals surface area (Å²) in [5, 5.41) is 1.96. The largest absolute Gasteiger partial charge is 0.493 e. The van der Waals surface area contributed by atoms with Gasteiger partial charge in [-0.15, -0.1) is 11.3 Å². The second-order valence-electron chi connectivity index (χ2n) is 7.25. The van der Waals surface area contributed by atoms with E-state index in [-0.39, 0.29) is 5.91 Å². The normalized spacial score (nSPS) is 19.3. The molecule has 0 bridgehead atoms. The minimum absolute atomic E-state index is 0.160. The maximum Gasteiger partial charge on any atom is 0.264 e. The van der Waals surface area contributed by atoms with Crippen molar-refractivity contribution in [2.24, 2.45) is 5.92 Å². The number of rotatable bonds is 7. The first kappa shape index (κ1) is 17.3. The highest BCUT2D eigenvalue weighted by atomic mass is 32.1. The molecule has 1 amide bonds. The molecule has 0 aliphatic heterocycles. The zero-order valence-electron chi connectivity index (χ0n) is 15.0. The number of thiophene rings is 1. The highest BCUT2D eigenvalue weighted by Crippen LogP contribution is 2.31. The Hall–Kier alpha value is -2.07. The maximum absolute atomic E-state index is 12.7. The molecule has 4 heteroatoms. The zero-order chi connectivity index (χ0) is 17.8. The molecule has 1 atom stereocenters. The Morgan fingerprint density at radius 1 is 1.12 bits per heavy atom. The topological polar surface area (TPSA) is 29.5 Å². The number of benzene rings is 1. The smallest absolute Gasteiger partial charge is 0.264 e. The van der Waals surface area contributed by atoms with E-state index >= 15 is 0 Å². The van der Waals surface area contributed by atoms with Crippen LogP contribution in [0.1, 0.15) is 47.3 Å². The SMILES string of the molecule is O=C(c1cccs1)N(Cc1ccc(OC[C@H]2CC=CCC2)cc1)C1CC1. The van der Waals surface area contributed by atoms with E-state index in [1.807, 2.05) is 34.5 Å². The molecule has 1 aromatic heterocycles. The quantitative estimate of drug-likeness (QED) is 0.623. The molecule has 0 N–H and O–H groups in total. The van der Waals surface area contributed by atoms with E-state index in [1.54, 1.807) is 0 Å². The van der Waals surface area contributed by atoms with E-state index in [9.17, 15) is 4.79 Å². The lowest BCUT2D eigenvalue weighted by molar-refractivity contribution is 0.0735. The summed E-state index contributed by atoms with van der Waals surface area (Å²) >= 11 is 1.52. The van der Waals surface area contributed by atoms with Crippen LogP contribution in [0.15, 0.2) is 53.9 Å². The van der Waals surface area contributed by atoms with Crippen LogP contribution >= 0.6 is 11.3 Å². The summed E-state index contributed by atoms with van der Waals surface area (Å²) < 4.78 is 5.96. The molecule has 2 aliphatic carbocycles. The summed E-state index contributed by atoms with van der Waals surface area (Å²) in [7, 11) is 0. The molecule has 26 heavy (non-hydrogen) atoms. The second kappa shape index (κ2) is 8.09. The van der Waals surface area contributed by atoms with E-state index in [0.29, 0.717) is 18.5 Å². The number of carbonyl (C=O) groups excluding carboxylic acids is 1. The van der Waals surface area contributed by atoms with Gasteiger partial charge >= 0.3 is 0 Å². The predicted molar refractivity (Wildman–Crippen MR) is 106 cm³/mol. The molecule has 0 spiro atoms. The summed E-state index contributed by atoms with van der Waals surface area (Å²) in [6.07, 6.45) is 10.3. The number of hydrogen-bond acceptors (Lipinski definition) is 3. The van der Waals surface area contributed by atoms with Gasteiger partial charge in [-0.2, -0.15) is 0 Å². The molecule has 136 valence electrons. The third-order valence-electron chi connectivity index (χ3n) is 5.12. The second-order valence-corrected chi connectivity index (χ2v) is 8.19. The van der Waals surface area contributed by atoms with Crippen molar-refractivity contribution in [1.82, 2.24) is 4.90 Å². The average molecular weight is 368 g/mol. The van der Waals surface area contributed by atoms with Crippen LogP contribution in [0.3, 0.4) is 0 Å². The van der Waals surface area contributed by atoms with Crippen molar-refractivity contribution >= 4 is 17.2 Å². The molecule has 3 nitrogen and oxygen atoms in total. The van der Waals surface area contributed by atoms with Crippen molar-refractivity contribution in [2.75, 3.05) is 6.61 Å². The molecule has 1 saturated carbocycles. The summed E-state index contributed by atoms with van der Waals surface area (Å²) in [4.78, 5) is 15.6. The minimum Gasteiger partial charge on any atom is -0.493 e. The Balaban J connectivity index is 1.35. The number of ether oxygens (including phenoxy) is 1. The summed E-state index contributed by atoms with van der Waals surface area (Å²) in [5.41, 5.74) is 1.16. The molecule has 1 fully saturated rings. The number of amides is 1. The van der Waals surface area contributed by atoms with Crippen molar-refractivity contribution in [3.8, 4) is 5.75 Å². The number of hydrogen-bond donors (Lipinski definition) is 0. The Morgan fingerprint density at radius 2 is 1.96 bits per heavy atom. The summed E-state index contributed by atoms with van der Waals surface area (Å²) in [6, 6.07) is 12.5. The molecule has 1 aromatic carbocycles. The van der Waals surface area contributed by atoms with E-state index < -0.39 is 0 Å². The van der Waals surface area contributed by atoms with Gasteiger partial charge in [0.1, 0.15) is 5.75 Å². The van der Waals surface area contributed by atoms with Gasteiger partial charge < -0.3 is 9.64 Å². The monoisotopic (exact) mass is 367 g/mol. The number of allylic oxidation sites excluding steroid dienone is 2. The van der Waals surface area contributed by atoms with Crippen LogP contribution in [-0.4, -0.2) is 23.5 Å². The zero-order valence-corrected chi connectivity index (χ0v) is 15.8. The number of carbonyl (C=O) groups is 1. The van der Waals surface area contributed by atoms with Gasteiger partial charge in [0, 0.05) is 12.6 Å². The first-order valence-electron chi connectivity index (χ1n) is 9.51. The Morgan fingerprint density at radius 3 is 2.62 bits per heavy atom. The van der Waals surface area contributed by atoms with Gasteiger partial charge in [-0.05, 0) is 67.2 Å². The predicted octanol–water partition coefficient (Wildman–Crippen LogP) is 5.29. The highest BCUT2D eigenvalue weighted by Gasteiger charge is 2.33. The highest BCUT2D eigenvalue weighted by molar-refractivity contribution is 7.12. The molecule has 2 aliphatic rings. The Bertz CT molecular complexity index is 747. The molecule has 0 saturated heterocycles. The van der Waals surface area contributed by atoms with Gasteiger partial charge in [-0.1, -0.05) is 30.4 Å². The molecule has 0 radical (unpaired) electrons. The third kappa shape index (κ3) is 4.36. The van der Waals surface area contributed by atoms with Crippen LogP contribution < -0.4 is 4.74 Å². The summed E-state index contributed by atoms with van der Waals surface area (Å²) in [5.74, 6) is 1.72. The molecule has 4 rings (SSSR count). The lowest BCUT2D eigenvalue weighted by Gasteiger charge is -2.22. The van der Waals surface area contributed by atoms with Crippen molar-refractivity contribution in [3.63, 3.8) is 0 Å².